The molecule has 1 aromatic carbocycles. The molecule has 1 rings (SSSR count). The Kier molecular flexibility index (Phi) is 5.08. The maximum atomic E-state index is 13.4. The maximum Gasteiger partial charge on any atom is 0.315 e. The van der Waals surface area contributed by atoms with Gasteiger partial charge >= 0.3 is 5.97 Å². The molecule has 18 heavy (non-hydrogen) atoms. The average molecular weight is 315 g/mol. The van der Waals surface area contributed by atoms with Crippen LogP contribution in [0.1, 0.15) is 19.4 Å². The van der Waals surface area contributed by atoms with Crippen LogP contribution in [0.2, 0.25) is 0 Å². The van der Waals surface area contributed by atoms with Crippen LogP contribution in [0, 0.1) is 11.2 Å². The minimum atomic E-state index is -0.855. The Bertz CT molecular complexity index is 459. The Morgan fingerprint density at radius 1 is 1.61 bits per heavy atom. The summed E-state index contributed by atoms with van der Waals surface area (Å²) in [5.41, 5.74) is -0.141. The monoisotopic (exact) mass is 314 g/mol. The second-order valence-corrected chi connectivity index (χ2v) is 5.02. The molecular formula is C14H16BrFO2. The van der Waals surface area contributed by atoms with Gasteiger partial charge in [-0.2, -0.15) is 0 Å². The summed E-state index contributed by atoms with van der Waals surface area (Å²) in [7, 11) is 0. The molecule has 0 heterocycles. The van der Waals surface area contributed by atoms with Crippen LogP contribution in [0.15, 0.2) is 35.3 Å². The lowest BCUT2D eigenvalue weighted by Gasteiger charge is -2.24. The van der Waals surface area contributed by atoms with E-state index in [1.54, 1.807) is 32.1 Å². The van der Waals surface area contributed by atoms with E-state index in [0.29, 0.717) is 23.1 Å². The molecule has 0 aliphatic heterocycles. The van der Waals surface area contributed by atoms with Gasteiger partial charge < -0.3 is 4.74 Å². The van der Waals surface area contributed by atoms with Crippen LogP contribution in [0.5, 0.6) is 0 Å². The van der Waals surface area contributed by atoms with Gasteiger partial charge in [0.05, 0.1) is 16.5 Å². The number of hydrogen-bond acceptors (Lipinski definition) is 2. The van der Waals surface area contributed by atoms with E-state index >= 15 is 0 Å². The smallest absolute Gasteiger partial charge is 0.315 e. The van der Waals surface area contributed by atoms with Crippen LogP contribution >= 0.6 is 15.9 Å². The van der Waals surface area contributed by atoms with Gasteiger partial charge in [-0.05, 0) is 47.8 Å². The van der Waals surface area contributed by atoms with E-state index in [9.17, 15) is 9.18 Å². The molecule has 1 aromatic rings. The van der Waals surface area contributed by atoms with E-state index in [1.165, 1.54) is 6.07 Å². The van der Waals surface area contributed by atoms with Crippen LogP contribution in [0.4, 0.5) is 4.39 Å². The normalized spacial score (nSPS) is 13.8. The van der Waals surface area contributed by atoms with E-state index < -0.39 is 5.41 Å². The maximum absolute atomic E-state index is 13.4. The molecule has 2 nitrogen and oxygen atoms in total. The van der Waals surface area contributed by atoms with Gasteiger partial charge in [0, 0.05) is 0 Å². The van der Waals surface area contributed by atoms with Gasteiger partial charge in [0.15, 0.2) is 0 Å². The second-order valence-electron chi connectivity index (χ2n) is 4.23. The molecule has 0 N–H and O–H groups in total. The Morgan fingerprint density at radius 2 is 2.28 bits per heavy atom. The predicted octanol–water partition coefficient (Wildman–Crippen LogP) is 3.89. The number of carbonyl (C=O) groups is 1. The summed E-state index contributed by atoms with van der Waals surface area (Å²) in [6, 6.07) is 4.75. The van der Waals surface area contributed by atoms with Crippen molar-refractivity contribution in [3.05, 3.63) is 46.7 Å². The fourth-order valence-corrected chi connectivity index (χ4v) is 2.01. The first-order chi connectivity index (χ1) is 8.44. The molecule has 4 heteroatoms. The van der Waals surface area contributed by atoms with Gasteiger partial charge in [-0.15, -0.1) is 6.58 Å². The quantitative estimate of drug-likeness (QED) is 0.609. The van der Waals surface area contributed by atoms with E-state index in [0.717, 1.165) is 0 Å². The molecule has 0 aromatic heterocycles. The molecule has 0 aliphatic carbocycles. The largest absolute Gasteiger partial charge is 0.465 e. The zero-order valence-electron chi connectivity index (χ0n) is 10.5. The van der Waals surface area contributed by atoms with Crippen molar-refractivity contribution >= 4 is 21.9 Å². The second kappa shape index (κ2) is 6.14. The number of hydrogen-bond donors (Lipinski definition) is 0. The van der Waals surface area contributed by atoms with Gasteiger partial charge in [0.1, 0.15) is 5.82 Å². The van der Waals surface area contributed by atoms with Crippen LogP contribution in [0.3, 0.4) is 0 Å². The molecule has 0 fully saturated rings. The van der Waals surface area contributed by atoms with Gasteiger partial charge in [0.2, 0.25) is 0 Å². The summed E-state index contributed by atoms with van der Waals surface area (Å²) in [6.45, 7) is 7.47. The summed E-state index contributed by atoms with van der Waals surface area (Å²) in [6.07, 6.45) is 1.88. The van der Waals surface area contributed by atoms with Gasteiger partial charge in [-0.3, -0.25) is 4.79 Å². The van der Waals surface area contributed by atoms with E-state index in [-0.39, 0.29) is 11.8 Å². The molecule has 98 valence electrons. The Balaban J connectivity index is 3.02. The number of esters is 1. The molecule has 0 saturated carbocycles. The van der Waals surface area contributed by atoms with E-state index in [1.807, 2.05) is 0 Å². The molecule has 0 aliphatic rings. The number of halogens is 2. The van der Waals surface area contributed by atoms with E-state index in [2.05, 4.69) is 22.5 Å². The van der Waals surface area contributed by atoms with Crippen molar-refractivity contribution < 1.29 is 13.9 Å². The topological polar surface area (TPSA) is 26.3 Å². The lowest BCUT2D eigenvalue weighted by Crippen LogP contribution is -2.30. The third-order valence-corrected chi connectivity index (χ3v) is 3.67. The first-order valence-corrected chi connectivity index (χ1v) is 6.47. The summed E-state index contributed by atoms with van der Waals surface area (Å²) in [4.78, 5) is 11.9. The van der Waals surface area contributed by atoms with Crippen molar-refractivity contribution in [1.29, 1.82) is 0 Å². The fraction of sp³-hybridized carbons (Fsp3) is 0.357. The molecule has 0 bridgehead atoms. The van der Waals surface area contributed by atoms with Gasteiger partial charge in [-0.1, -0.05) is 18.2 Å². The Labute approximate surface area is 115 Å². The van der Waals surface area contributed by atoms with E-state index in [4.69, 9.17) is 4.74 Å². The summed E-state index contributed by atoms with van der Waals surface area (Å²) >= 11 is 3.19. The molecule has 1 atom stereocenters. The molecule has 1 unspecified atom stereocenters. The van der Waals surface area contributed by atoms with Crippen molar-refractivity contribution in [3.63, 3.8) is 0 Å². The number of carbonyl (C=O) groups excluding carboxylic acids is 1. The zero-order chi connectivity index (χ0) is 13.8. The SMILES string of the molecule is C=CC(C)(Cc1cccc(F)c1Br)C(=O)OCC. The third-order valence-electron chi connectivity index (χ3n) is 2.78. The van der Waals surface area contributed by atoms with Gasteiger partial charge in [-0.25, -0.2) is 4.39 Å². The predicted molar refractivity (Wildman–Crippen MR) is 72.7 cm³/mol. The van der Waals surface area contributed by atoms with Crippen LogP contribution in [-0.2, 0) is 16.0 Å². The number of ether oxygens (including phenoxy) is 1. The van der Waals surface area contributed by atoms with Crippen LogP contribution < -0.4 is 0 Å². The number of benzene rings is 1. The lowest BCUT2D eigenvalue weighted by molar-refractivity contribution is -0.151. The third kappa shape index (κ3) is 3.19. The van der Waals surface area contributed by atoms with Crippen molar-refractivity contribution in [1.82, 2.24) is 0 Å². The fourth-order valence-electron chi connectivity index (χ4n) is 1.60. The van der Waals surface area contributed by atoms with Crippen LogP contribution in [0.25, 0.3) is 0 Å². The van der Waals surface area contributed by atoms with Crippen molar-refractivity contribution in [2.24, 2.45) is 5.41 Å². The highest BCUT2D eigenvalue weighted by atomic mass is 79.9. The van der Waals surface area contributed by atoms with Crippen LogP contribution in [-0.4, -0.2) is 12.6 Å². The molecular weight excluding hydrogens is 299 g/mol. The summed E-state index contributed by atoms with van der Waals surface area (Å²) < 4.78 is 18.8. The first kappa shape index (κ1) is 14.9. The summed E-state index contributed by atoms with van der Waals surface area (Å²) in [5.74, 6) is -0.695. The average Bonchev–Trinajstić information content (AvgIpc) is 2.35. The Hall–Kier alpha value is -1.16. The molecule has 0 radical (unpaired) electrons. The standard InChI is InChI=1S/C14H16BrFO2/c1-4-14(3,13(17)18-5-2)9-10-7-6-8-11(16)12(10)15/h4,6-8H,1,5,9H2,2-3H3. The molecule has 0 amide bonds. The zero-order valence-corrected chi connectivity index (χ0v) is 12.1. The molecule has 0 spiro atoms. The molecule has 0 saturated heterocycles. The lowest BCUT2D eigenvalue weighted by atomic mass is 9.84. The summed E-state index contributed by atoms with van der Waals surface area (Å²) in [5, 5.41) is 0. The highest BCUT2D eigenvalue weighted by molar-refractivity contribution is 9.10. The number of rotatable bonds is 5. The van der Waals surface area contributed by atoms with Crippen molar-refractivity contribution in [2.75, 3.05) is 6.61 Å². The minimum Gasteiger partial charge on any atom is -0.465 e. The highest BCUT2D eigenvalue weighted by Crippen LogP contribution is 2.30. The highest BCUT2D eigenvalue weighted by Gasteiger charge is 2.32. The minimum absolute atomic E-state index is 0.312. The van der Waals surface area contributed by atoms with Gasteiger partial charge in [0.25, 0.3) is 0 Å². The van der Waals surface area contributed by atoms with Crippen molar-refractivity contribution in [2.45, 2.75) is 20.3 Å². The first-order valence-electron chi connectivity index (χ1n) is 5.68. The Morgan fingerprint density at radius 3 is 2.83 bits per heavy atom. The van der Waals surface area contributed by atoms with Crippen molar-refractivity contribution in [3.8, 4) is 0 Å².